The van der Waals surface area contributed by atoms with Crippen molar-refractivity contribution in [3.8, 4) is 17.2 Å². The van der Waals surface area contributed by atoms with Crippen LogP contribution in [0.4, 0.5) is 41.2 Å². The monoisotopic (exact) mass is 569 g/mol. The van der Waals surface area contributed by atoms with E-state index in [1.807, 2.05) is 6.07 Å². The molecular formula is C27H26ClF2N7O3. The van der Waals surface area contributed by atoms with Crippen LogP contribution >= 0.6 is 11.6 Å². The minimum absolute atomic E-state index is 0.119. The van der Waals surface area contributed by atoms with E-state index in [4.69, 9.17) is 11.6 Å². The number of fused-ring (bicyclic) bond motifs is 3. The highest BCUT2D eigenvalue weighted by Crippen LogP contribution is 2.45. The zero-order valence-electron chi connectivity index (χ0n) is 21.7. The number of hydrogen-bond donors (Lipinski definition) is 3. The molecule has 40 heavy (non-hydrogen) atoms. The van der Waals surface area contributed by atoms with Crippen molar-refractivity contribution in [1.82, 2.24) is 15.6 Å². The zero-order chi connectivity index (χ0) is 28.8. The number of amides is 3. The fourth-order valence-electron chi connectivity index (χ4n) is 4.30. The summed E-state index contributed by atoms with van der Waals surface area (Å²) >= 11 is 6.21. The number of halogens is 3. The van der Waals surface area contributed by atoms with Crippen molar-refractivity contribution in [3.05, 3.63) is 64.8 Å². The van der Waals surface area contributed by atoms with Crippen LogP contribution in [0, 0.1) is 23.0 Å². The fourth-order valence-corrected chi connectivity index (χ4v) is 4.46. The smallest absolute Gasteiger partial charge is 0.406 e. The van der Waals surface area contributed by atoms with Gasteiger partial charge >= 0.3 is 12.1 Å². The Bertz CT molecular complexity index is 1460. The SMILES string of the molecule is CCN1C(=O)N(c2c(F)cc(NCCNCCNC(=O)OC)cc2F)c2cc(C#N)ccc2-c2cc(Cl)cnc21. The minimum atomic E-state index is -0.979. The molecule has 0 fully saturated rings. The van der Waals surface area contributed by atoms with Crippen molar-refractivity contribution in [3.63, 3.8) is 0 Å². The molecule has 13 heteroatoms. The maximum absolute atomic E-state index is 15.6. The number of ether oxygens (including phenoxy) is 1. The standard InChI is InChI=1S/C27H26ClF2N7O3/c1-3-36-25-20(11-17(28)15-35-25)19-5-4-16(14-31)10-23(19)37(27(36)39)24-21(29)12-18(13-22(24)30)33-8-6-32-7-9-34-26(38)40-2/h4-5,10-13,15,32-33H,3,6-9H2,1-2H3,(H,34,38). The number of nitriles is 1. The third-order valence-electron chi connectivity index (χ3n) is 6.11. The van der Waals surface area contributed by atoms with E-state index in [9.17, 15) is 14.9 Å². The third kappa shape index (κ3) is 5.90. The molecule has 208 valence electrons. The van der Waals surface area contributed by atoms with Gasteiger partial charge in [0, 0.05) is 55.7 Å². The van der Waals surface area contributed by atoms with E-state index in [1.54, 1.807) is 25.1 Å². The molecule has 0 spiro atoms. The largest absolute Gasteiger partial charge is 0.453 e. The van der Waals surface area contributed by atoms with Gasteiger partial charge in [0.2, 0.25) is 0 Å². The molecule has 0 atom stereocenters. The summed E-state index contributed by atoms with van der Waals surface area (Å²) in [7, 11) is 1.27. The summed E-state index contributed by atoms with van der Waals surface area (Å²) in [5.41, 5.74) is 0.821. The highest BCUT2D eigenvalue weighted by molar-refractivity contribution is 6.31. The lowest BCUT2D eigenvalue weighted by Gasteiger charge is -2.28. The first kappa shape index (κ1) is 28.5. The van der Waals surface area contributed by atoms with Crippen LogP contribution in [0.15, 0.2) is 42.6 Å². The van der Waals surface area contributed by atoms with Crippen LogP contribution < -0.4 is 25.8 Å². The lowest BCUT2D eigenvalue weighted by atomic mass is 10.0. The summed E-state index contributed by atoms with van der Waals surface area (Å²) < 4.78 is 35.7. The van der Waals surface area contributed by atoms with E-state index in [0.29, 0.717) is 42.3 Å². The van der Waals surface area contributed by atoms with Crippen molar-refractivity contribution in [2.24, 2.45) is 0 Å². The number of alkyl carbamates (subject to hydrolysis) is 1. The highest BCUT2D eigenvalue weighted by atomic mass is 35.5. The molecular weight excluding hydrogens is 544 g/mol. The Morgan fingerprint density at radius 1 is 1.10 bits per heavy atom. The molecule has 1 aliphatic rings. The normalized spacial score (nSPS) is 12.2. The summed E-state index contributed by atoms with van der Waals surface area (Å²) in [4.78, 5) is 31.4. The summed E-state index contributed by atoms with van der Waals surface area (Å²) in [6.07, 6.45) is 0.855. The molecule has 2 aromatic carbocycles. The molecule has 10 nitrogen and oxygen atoms in total. The number of pyridine rings is 1. The number of carbonyl (C=O) groups excluding carboxylic acids is 2. The summed E-state index contributed by atoms with van der Waals surface area (Å²) in [5.74, 6) is -1.68. The van der Waals surface area contributed by atoms with Crippen LogP contribution in [0.25, 0.3) is 11.1 Å². The third-order valence-corrected chi connectivity index (χ3v) is 6.32. The van der Waals surface area contributed by atoms with Crippen LogP contribution in [0.2, 0.25) is 5.02 Å². The minimum Gasteiger partial charge on any atom is -0.453 e. The fraction of sp³-hybridized carbons (Fsp3) is 0.259. The van der Waals surface area contributed by atoms with Gasteiger partial charge in [0.05, 0.1) is 29.5 Å². The number of aromatic nitrogens is 1. The molecule has 1 aliphatic heterocycles. The Balaban J connectivity index is 1.64. The van der Waals surface area contributed by atoms with Crippen LogP contribution in [0.1, 0.15) is 12.5 Å². The van der Waals surface area contributed by atoms with Gasteiger partial charge in [-0.1, -0.05) is 17.7 Å². The number of rotatable bonds is 9. The molecule has 0 aliphatic carbocycles. The number of urea groups is 1. The lowest BCUT2D eigenvalue weighted by Crippen LogP contribution is -2.41. The summed E-state index contributed by atoms with van der Waals surface area (Å²) in [5, 5.41) is 18.4. The molecule has 3 amide bonds. The maximum Gasteiger partial charge on any atom is 0.406 e. The van der Waals surface area contributed by atoms with E-state index in [-0.39, 0.29) is 29.3 Å². The Kier molecular flexibility index (Phi) is 8.98. The number of nitrogens with one attached hydrogen (secondary N) is 3. The molecule has 0 saturated heterocycles. The summed E-state index contributed by atoms with van der Waals surface area (Å²) in [6.45, 7) is 3.47. The Morgan fingerprint density at radius 2 is 1.82 bits per heavy atom. The first-order chi connectivity index (χ1) is 19.3. The number of benzene rings is 2. The van der Waals surface area contributed by atoms with Crippen molar-refractivity contribution >= 4 is 46.6 Å². The maximum atomic E-state index is 15.6. The molecule has 0 bridgehead atoms. The van der Waals surface area contributed by atoms with Gasteiger partial charge in [-0.3, -0.25) is 9.80 Å². The van der Waals surface area contributed by atoms with Gasteiger partial charge in [0.25, 0.3) is 0 Å². The van der Waals surface area contributed by atoms with Gasteiger partial charge in [-0.15, -0.1) is 0 Å². The lowest BCUT2D eigenvalue weighted by molar-refractivity contribution is 0.171. The number of hydrogen-bond acceptors (Lipinski definition) is 7. The quantitative estimate of drug-likeness (QED) is 0.310. The second kappa shape index (κ2) is 12.6. The summed E-state index contributed by atoms with van der Waals surface area (Å²) in [6, 6.07) is 9.64. The first-order valence-electron chi connectivity index (χ1n) is 12.4. The molecule has 3 aromatic rings. The van der Waals surface area contributed by atoms with Crippen LogP contribution in [-0.4, -0.2) is 56.9 Å². The van der Waals surface area contributed by atoms with Crippen molar-refractivity contribution in [1.29, 1.82) is 5.26 Å². The van der Waals surface area contributed by atoms with Crippen molar-refractivity contribution in [2.75, 3.05) is 55.0 Å². The van der Waals surface area contributed by atoms with E-state index in [1.165, 1.54) is 24.3 Å². The number of methoxy groups -OCH3 is 1. The zero-order valence-corrected chi connectivity index (χ0v) is 22.5. The van der Waals surface area contributed by atoms with E-state index >= 15 is 8.78 Å². The number of carbonyl (C=O) groups is 2. The first-order valence-corrected chi connectivity index (χ1v) is 12.7. The predicted molar refractivity (Wildman–Crippen MR) is 148 cm³/mol. The second-order valence-electron chi connectivity index (χ2n) is 8.61. The number of nitrogens with zero attached hydrogens (tertiary/aromatic N) is 4. The predicted octanol–water partition coefficient (Wildman–Crippen LogP) is 5.01. The van der Waals surface area contributed by atoms with Crippen LogP contribution in [0.3, 0.4) is 0 Å². The van der Waals surface area contributed by atoms with Crippen molar-refractivity contribution < 1.29 is 23.1 Å². The van der Waals surface area contributed by atoms with Crippen LogP contribution in [-0.2, 0) is 4.74 Å². The van der Waals surface area contributed by atoms with Gasteiger partial charge in [-0.2, -0.15) is 5.26 Å². The molecule has 0 unspecified atom stereocenters. The molecule has 0 saturated carbocycles. The second-order valence-corrected chi connectivity index (χ2v) is 9.05. The molecule has 4 rings (SSSR count). The highest BCUT2D eigenvalue weighted by Gasteiger charge is 2.36. The Hall–Kier alpha value is -4.47. The van der Waals surface area contributed by atoms with Gasteiger partial charge < -0.3 is 20.7 Å². The molecule has 3 N–H and O–H groups in total. The van der Waals surface area contributed by atoms with Gasteiger partial charge in [-0.05, 0) is 37.3 Å². The van der Waals surface area contributed by atoms with E-state index < -0.39 is 29.4 Å². The van der Waals surface area contributed by atoms with Crippen molar-refractivity contribution in [2.45, 2.75) is 6.92 Å². The molecule has 2 heterocycles. The average molecular weight is 570 g/mol. The molecule has 0 radical (unpaired) electrons. The Labute approximate surface area is 234 Å². The Morgan fingerprint density at radius 3 is 2.50 bits per heavy atom. The van der Waals surface area contributed by atoms with E-state index in [0.717, 1.165) is 17.0 Å². The van der Waals surface area contributed by atoms with Gasteiger partial charge in [-0.25, -0.2) is 23.4 Å². The van der Waals surface area contributed by atoms with Gasteiger partial charge in [0.1, 0.15) is 11.5 Å². The van der Waals surface area contributed by atoms with Crippen LogP contribution in [0.5, 0.6) is 0 Å². The van der Waals surface area contributed by atoms with E-state index in [2.05, 4.69) is 25.7 Å². The molecule has 1 aromatic heterocycles. The topological polar surface area (TPSA) is 123 Å². The van der Waals surface area contributed by atoms with Gasteiger partial charge in [0.15, 0.2) is 11.6 Å². The average Bonchev–Trinajstić information content (AvgIpc) is 3.03. The number of anilines is 4.